The molecule has 0 amide bonds. The molecule has 2 aromatic heterocycles. The number of nitrogens with zero attached hydrogens (tertiary/aromatic N) is 3. The van der Waals surface area contributed by atoms with Crippen molar-refractivity contribution in [2.24, 2.45) is 0 Å². The second-order valence-corrected chi connectivity index (χ2v) is 4.77. The van der Waals surface area contributed by atoms with Crippen molar-refractivity contribution in [3.05, 3.63) is 37.1 Å². The Labute approximate surface area is 97.8 Å². The van der Waals surface area contributed by atoms with Crippen LogP contribution in [0.25, 0.3) is 0 Å². The average molecular weight is 251 g/mol. The van der Waals surface area contributed by atoms with E-state index in [1.165, 1.54) is 37.1 Å². The Balaban J connectivity index is 2.36. The lowest BCUT2D eigenvalue weighted by Crippen LogP contribution is -2.15. The summed E-state index contributed by atoms with van der Waals surface area (Å²) in [6.45, 7) is 0. The van der Waals surface area contributed by atoms with Crippen LogP contribution in [0.1, 0.15) is 0 Å². The van der Waals surface area contributed by atoms with Crippen LogP contribution in [0.2, 0.25) is 0 Å². The second kappa shape index (κ2) is 4.34. The van der Waals surface area contributed by atoms with Crippen LogP contribution in [0.15, 0.2) is 41.9 Å². The van der Waals surface area contributed by atoms with E-state index in [1.54, 1.807) is 0 Å². The molecule has 0 spiro atoms. The number of nitrogen functional groups attached to an aromatic ring is 1. The fourth-order valence-electron chi connectivity index (χ4n) is 1.19. The quantitative estimate of drug-likeness (QED) is 0.809. The lowest BCUT2D eigenvalue weighted by atomic mass is 10.5. The summed E-state index contributed by atoms with van der Waals surface area (Å²) in [5.74, 6) is -0.0585. The molecule has 2 rings (SSSR count). The van der Waals surface area contributed by atoms with Crippen LogP contribution in [0.4, 0.5) is 11.5 Å². The van der Waals surface area contributed by atoms with Gasteiger partial charge in [-0.1, -0.05) is 0 Å². The number of anilines is 2. The number of hydrogen-bond acceptors (Lipinski definition) is 6. The maximum absolute atomic E-state index is 11.9. The van der Waals surface area contributed by atoms with Gasteiger partial charge in [0.2, 0.25) is 0 Å². The maximum atomic E-state index is 11.9. The number of sulfonamides is 1. The highest BCUT2D eigenvalue weighted by Crippen LogP contribution is 2.17. The van der Waals surface area contributed by atoms with E-state index in [9.17, 15) is 8.42 Å². The Hall–Kier alpha value is -2.22. The van der Waals surface area contributed by atoms with Crippen LogP contribution < -0.4 is 10.5 Å². The summed E-state index contributed by atoms with van der Waals surface area (Å²) >= 11 is 0. The normalized spacial score (nSPS) is 11.1. The van der Waals surface area contributed by atoms with E-state index in [0.29, 0.717) is 0 Å². The van der Waals surface area contributed by atoms with Gasteiger partial charge in [0.05, 0.1) is 18.1 Å². The zero-order valence-electron chi connectivity index (χ0n) is 8.61. The molecule has 2 heterocycles. The van der Waals surface area contributed by atoms with Gasteiger partial charge in [0.15, 0.2) is 0 Å². The van der Waals surface area contributed by atoms with E-state index in [0.717, 1.165) is 0 Å². The van der Waals surface area contributed by atoms with Crippen molar-refractivity contribution < 1.29 is 8.42 Å². The summed E-state index contributed by atoms with van der Waals surface area (Å²) in [7, 11) is -3.76. The molecule has 0 saturated heterocycles. The summed E-state index contributed by atoms with van der Waals surface area (Å²) in [6.07, 6.45) is 5.41. The molecule has 8 heteroatoms. The van der Waals surface area contributed by atoms with E-state index < -0.39 is 10.0 Å². The molecular weight excluding hydrogens is 242 g/mol. The maximum Gasteiger partial charge on any atom is 0.265 e. The highest BCUT2D eigenvalue weighted by molar-refractivity contribution is 7.92. The molecule has 0 aliphatic heterocycles. The Morgan fingerprint density at radius 2 is 1.94 bits per heavy atom. The first-order valence-corrected chi connectivity index (χ1v) is 6.06. The number of pyridine rings is 1. The third-order valence-corrected chi connectivity index (χ3v) is 3.33. The van der Waals surface area contributed by atoms with Gasteiger partial charge < -0.3 is 5.73 Å². The third kappa shape index (κ3) is 2.48. The summed E-state index contributed by atoms with van der Waals surface area (Å²) in [5.41, 5.74) is 5.76. The number of rotatable bonds is 3. The summed E-state index contributed by atoms with van der Waals surface area (Å²) in [5, 5.41) is 0. The van der Waals surface area contributed by atoms with E-state index in [1.807, 2.05) is 0 Å². The average Bonchev–Trinajstić information content (AvgIpc) is 2.30. The minimum atomic E-state index is -3.76. The van der Waals surface area contributed by atoms with E-state index >= 15 is 0 Å². The highest BCUT2D eigenvalue weighted by Gasteiger charge is 2.17. The molecule has 0 aliphatic rings. The Morgan fingerprint density at radius 3 is 2.59 bits per heavy atom. The molecule has 3 N–H and O–H groups in total. The minimum Gasteiger partial charge on any atom is -0.383 e. The van der Waals surface area contributed by atoms with Gasteiger partial charge in [-0.3, -0.25) is 4.72 Å². The number of aromatic nitrogens is 3. The molecule has 88 valence electrons. The molecule has 0 saturated carbocycles. The van der Waals surface area contributed by atoms with Gasteiger partial charge in [0, 0.05) is 6.20 Å². The first-order chi connectivity index (χ1) is 8.09. The van der Waals surface area contributed by atoms with Crippen LogP contribution in [0.3, 0.4) is 0 Å². The highest BCUT2D eigenvalue weighted by atomic mass is 32.2. The van der Waals surface area contributed by atoms with Crippen molar-refractivity contribution in [2.45, 2.75) is 4.90 Å². The number of nitrogens with one attached hydrogen (secondary N) is 1. The largest absolute Gasteiger partial charge is 0.383 e. The molecule has 17 heavy (non-hydrogen) atoms. The predicted octanol–water partition coefficient (Wildman–Crippen LogP) is 0.255. The molecule has 0 radical (unpaired) electrons. The molecule has 7 nitrogen and oxygen atoms in total. The lowest BCUT2D eigenvalue weighted by Gasteiger charge is -2.08. The van der Waals surface area contributed by atoms with Gasteiger partial charge in [-0.05, 0) is 12.1 Å². The van der Waals surface area contributed by atoms with Gasteiger partial charge in [-0.2, -0.15) is 0 Å². The van der Waals surface area contributed by atoms with Crippen LogP contribution in [0.5, 0.6) is 0 Å². The van der Waals surface area contributed by atoms with Crippen LogP contribution in [-0.4, -0.2) is 23.4 Å². The second-order valence-electron chi connectivity index (χ2n) is 3.12. The molecule has 0 aromatic carbocycles. The molecule has 0 unspecified atom stereocenters. The molecule has 0 aliphatic carbocycles. The van der Waals surface area contributed by atoms with E-state index in [2.05, 4.69) is 19.7 Å². The minimum absolute atomic E-state index is 0.0585. The molecule has 0 fully saturated rings. The summed E-state index contributed by atoms with van der Waals surface area (Å²) in [4.78, 5) is 11.0. The fourth-order valence-corrected chi connectivity index (χ4v) is 2.30. The van der Waals surface area contributed by atoms with Crippen molar-refractivity contribution in [2.75, 3.05) is 10.5 Å². The first-order valence-electron chi connectivity index (χ1n) is 4.58. The summed E-state index contributed by atoms with van der Waals surface area (Å²) in [6, 6.07) is 2.86. The fraction of sp³-hybridized carbons (Fsp3) is 0. The Kier molecular flexibility index (Phi) is 2.88. The van der Waals surface area contributed by atoms with Crippen molar-refractivity contribution in [1.29, 1.82) is 0 Å². The zero-order valence-corrected chi connectivity index (χ0v) is 9.42. The van der Waals surface area contributed by atoms with Gasteiger partial charge in [-0.25, -0.2) is 23.4 Å². The number of nitrogens with two attached hydrogens (primary N) is 1. The lowest BCUT2D eigenvalue weighted by molar-refractivity contribution is 0.601. The standard InChI is InChI=1S/C9H9N5O2S/c10-9-8(2-1-3-13-9)17(15,16)14-7-4-11-6-12-5-7/h1-6,14H,(H2,10,13). The Morgan fingerprint density at radius 1 is 1.24 bits per heavy atom. The zero-order chi connectivity index (χ0) is 12.3. The topological polar surface area (TPSA) is 111 Å². The third-order valence-electron chi connectivity index (χ3n) is 1.90. The predicted molar refractivity (Wildman–Crippen MR) is 61.5 cm³/mol. The van der Waals surface area contributed by atoms with Gasteiger partial charge in [0.25, 0.3) is 10.0 Å². The molecule has 0 bridgehead atoms. The Bertz CT molecular complexity index is 614. The number of hydrogen-bond donors (Lipinski definition) is 2. The van der Waals surface area contributed by atoms with Gasteiger partial charge >= 0.3 is 0 Å². The van der Waals surface area contributed by atoms with Crippen molar-refractivity contribution in [1.82, 2.24) is 15.0 Å². The van der Waals surface area contributed by atoms with Crippen molar-refractivity contribution in [3.63, 3.8) is 0 Å². The molecule has 2 aromatic rings. The van der Waals surface area contributed by atoms with Crippen molar-refractivity contribution in [3.8, 4) is 0 Å². The van der Waals surface area contributed by atoms with Crippen LogP contribution in [0, 0.1) is 0 Å². The SMILES string of the molecule is Nc1ncccc1S(=O)(=O)Nc1cncnc1. The van der Waals surface area contributed by atoms with Crippen molar-refractivity contribution >= 4 is 21.5 Å². The smallest absolute Gasteiger partial charge is 0.265 e. The van der Waals surface area contributed by atoms with Gasteiger partial charge in [-0.15, -0.1) is 0 Å². The molecular formula is C9H9N5O2S. The van der Waals surface area contributed by atoms with E-state index in [4.69, 9.17) is 5.73 Å². The monoisotopic (exact) mass is 251 g/mol. The van der Waals surface area contributed by atoms with Gasteiger partial charge in [0.1, 0.15) is 17.0 Å². The van der Waals surface area contributed by atoms with E-state index in [-0.39, 0.29) is 16.4 Å². The van der Waals surface area contributed by atoms with Crippen LogP contribution >= 0.6 is 0 Å². The van der Waals surface area contributed by atoms with Crippen LogP contribution in [-0.2, 0) is 10.0 Å². The first kappa shape index (κ1) is 11.3. The summed E-state index contributed by atoms with van der Waals surface area (Å²) < 4.78 is 26.2. The molecule has 0 atom stereocenters.